The van der Waals surface area contributed by atoms with E-state index in [4.69, 9.17) is 11.7 Å². The standard InChI is InChI=1S/C28H28F3N5O6S/c1-4-6-7-17(5-2)16-36-25(37)23(32-3)22(28(29,30)31)24(26(36)38)34-33-19-12-14-21(15-13-19)43(41,42)35-20-10-8-18(9-11-20)27(39)40/h8-15,17,35,37H,4-7,16H2,1-2H3,(H,39,40). The van der Waals surface area contributed by atoms with Crippen LogP contribution in [0.25, 0.3) is 4.85 Å². The number of halogens is 3. The number of carbonyl (C=O) groups is 1. The zero-order valence-electron chi connectivity index (χ0n) is 23.1. The number of unbranched alkanes of at least 4 members (excludes halogenated alkanes) is 1. The van der Waals surface area contributed by atoms with Gasteiger partial charge in [0.05, 0.1) is 28.3 Å². The third-order valence-corrected chi connectivity index (χ3v) is 7.96. The Balaban J connectivity index is 1.99. The summed E-state index contributed by atoms with van der Waals surface area (Å²) >= 11 is 0. The molecule has 0 aliphatic carbocycles. The van der Waals surface area contributed by atoms with E-state index in [0.717, 1.165) is 37.1 Å². The molecule has 3 rings (SSSR count). The Morgan fingerprint density at radius 1 is 1.09 bits per heavy atom. The van der Waals surface area contributed by atoms with Gasteiger partial charge in [0.1, 0.15) is 0 Å². The van der Waals surface area contributed by atoms with Crippen LogP contribution in [0, 0.1) is 12.5 Å². The molecule has 43 heavy (non-hydrogen) atoms. The van der Waals surface area contributed by atoms with Crippen molar-refractivity contribution in [3.05, 3.63) is 81.4 Å². The van der Waals surface area contributed by atoms with Gasteiger partial charge in [0.25, 0.3) is 21.3 Å². The van der Waals surface area contributed by atoms with Gasteiger partial charge in [-0.25, -0.2) is 18.1 Å². The van der Waals surface area contributed by atoms with Gasteiger partial charge >= 0.3 is 12.1 Å². The Morgan fingerprint density at radius 3 is 2.23 bits per heavy atom. The molecule has 3 N–H and O–H groups in total. The van der Waals surface area contributed by atoms with Crippen LogP contribution in [0.4, 0.5) is 35.9 Å². The Labute approximate surface area is 245 Å². The quantitative estimate of drug-likeness (QED) is 0.143. The maximum absolute atomic E-state index is 14.0. The van der Waals surface area contributed by atoms with Crippen molar-refractivity contribution >= 4 is 38.7 Å². The second-order valence-electron chi connectivity index (χ2n) is 9.52. The first kappa shape index (κ1) is 32.8. The highest BCUT2D eigenvalue weighted by atomic mass is 32.2. The second kappa shape index (κ2) is 13.5. The molecular formula is C28H28F3N5O6S. The summed E-state index contributed by atoms with van der Waals surface area (Å²) in [4.78, 5) is 26.8. The summed E-state index contributed by atoms with van der Waals surface area (Å²) in [7, 11) is -4.14. The Bertz CT molecular complexity index is 1710. The maximum Gasteiger partial charge on any atom is 0.409 e. The number of nitrogens with zero attached hydrogens (tertiary/aromatic N) is 4. The average Bonchev–Trinajstić information content (AvgIpc) is 2.96. The molecule has 1 aromatic heterocycles. The molecule has 3 aromatic rings. The van der Waals surface area contributed by atoms with Crippen molar-refractivity contribution in [3.8, 4) is 5.88 Å². The smallest absolute Gasteiger partial charge is 0.409 e. The SMILES string of the molecule is [C-]#[N+]c1c(C(F)(F)F)c(N=Nc2ccc(S(=O)(=O)Nc3ccc(C(=O)O)cc3)cc2)c(=O)n(CC(CC)CCCC)c1O. The Hall–Kier alpha value is -4.71. The highest BCUT2D eigenvalue weighted by Crippen LogP contribution is 2.45. The third-order valence-electron chi connectivity index (χ3n) is 6.56. The summed E-state index contributed by atoms with van der Waals surface area (Å²) < 4.78 is 70.5. The van der Waals surface area contributed by atoms with Crippen molar-refractivity contribution in [2.45, 2.75) is 57.1 Å². The molecule has 0 aliphatic heterocycles. The number of aromatic carboxylic acids is 1. The number of benzene rings is 2. The van der Waals surface area contributed by atoms with Crippen molar-refractivity contribution < 1.29 is 36.6 Å². The van der Waals surface area contributed by atoms with Crippen molar-refractivity contribution in [3.63, 3.8) is 0 Å². The summed E-state index contributed by atoms with van der Waals surface area (Å²) in [5, 5.41) is 26.7. The van der Waals surface area contributed by atoms with E-state index in [1.54, 1.807) is 0 Å². The number of azo groups is 1. The van der Waals surface area contributed by atoms with Crippen LogP contribution in [-0.4, -0.2) is 29.2 Å². The lowest BCUT2D eigenvalue weighted by Crippen LogP contribution is -2.26. The number of hydrogen-bond donors (Lipinski definition) is 3. The molecule has 0 saturated carbocycles. The molecule has 0 amide bonds. The number of aromatic hydroxyl groups is 1. The number of pyridine rings is 1. The molecule has 228 valence electrons. The summed E-state index contributed by atoms with van der Waals surface area (Å²) in [6.45, 7) is 11.0. The van der Waals surface area contributed by atoms with Crippen molar-refractivity contribution in [2.24, 2.45) is 16.1 Å². The molecule has 1 unspecified atom stereocenters. The lowest BCUT2D eigenvalue weighted by molar-refractivity contribution is -0.136. The van der Waals surface area contributed by atoms with E-state index >= 15 is 0 Å². The van der Waals surface area contributed by atoms with E-state index in [1.165, 1.54) is 24.3 Å². The topological polar surface area (TPSA) is 155 Å². The third kappa shape index (κ3) is 7.77. The van der Waals surface area contributed by atoms with Crippen molar-refractivity contribution in [1.29, 1.82) is 0 Å². The van der Waals surface area contributed by atoms with Crippen LogP contribution in [0.2, 0.25) is 0 Å². The first-order valence-electron chi connectivity index (χ1n) is 13.1. The van der Waals surface area contributed by atoms with E-state index in [-0.39, 0.29) is 34.3 Å². The molecule has 0 radical (unpaired) electrons. The lowest BCUT2D eigenvalue weighted by atomic mass is 9.99. The van der Waals surface area contributed by atoms with Gasteiger partial charge in [-0.2, -0.15) is 18.3 Å². The fourth-order valence-electron chi connectivity index (χ4n) is 4.19. The minimum atomic E-state index is -5.22. The number of alkyl halides is 3. The predicted molar refractivity (Wildman–Crippen MR) is 152 cm³/mol. The van der Waals surface area contributed by atoms with Gasteiger partial charge in [0.2, 0.25) is 0 Å². The molecule has 0 spiro atoms. The molecule has 15 heteroatoms. The molecule has 11 nitrogen and oxygen atoms in total. The van der Waals surface area contributed by atoms with E-state index in [2.05, 4.69) is 19.8 Å². The summed E-state index contributed by atoms with van der Waals surface area (Å²) in [6, 6.07) is 9.44. The number of anilines is 1. The largest absolute Gasteiger partial charge is 0.503 e. The predicted octanol–water partition coefficient (Wildman–Crippen LogP) is 7.25. The van der Waals surface area contributed by atoms with Crippen LogP contribution in [-0.2, 0) is 22.7 Å². The van der Waals surface area contributed by atoms with Crippen LogP contribution < -0.4 is 10.3 Å². The molecule has 0 fully saturated rings. The normalized spacial score (nSPS) is 12.7. The summed E-state index contributed by atoms with van der Waals surface area (Å²) in [6.07, 6.45) is -2.33. The zero-order valence-corrected chi connectivity index (χ0v) is 23.9. The first-order chi connectivity index (χ1) is 20.2. The number of aromatic nitrogens is 1. The van der Waals surface area contributed by atoms with Crippen LogP contribution >= 0.6 is 0 Å². The molecule has 1 heterocycles. The second-order valence-corrected chi connectivity index (χ2v) is 11.2. The summed E-state index contributed by atoms with van der Waals surface area (Å²) in [5.74, 6) is -2.43. The number of rotatable bonds is 12. The molecule has 0 aliphatic rings. The minimum Gasteiger partial charge on any atom is -0.503 e. The van der Waals surface area contributed by atoms with Crippen LogP contribution in [0.3, 0.4) is 0 Å². The first-order valence-corrected chi connectivity index (χ1v) is 14.5. The van der Waals surface area contributed by atoms with Crippen molar-refractivity contribution in [2.75, 3.05) is 4.72 Å². The molecule has 1 atom stereocenters. The highest BCUT2D eigenvalue weighted by molar-refractivity contribution is 7.92. The summed E-state index contributed by atoms with van der Waals surface area (Å²) in [5.41, 5.74) is -5.39. The van der Waals surface area contributed by atoms with Gasteiger partial charge in [0, 0.05) is 12.2 Å². The molecular weight excluding hydrogens is 591 g/mol. The molecule has 0 saturated heterocycles. The zero-order chi connectivity index (χ0) is 31.9. The van der Waals surface area contributed by atoms with E-state index in [0.29, 0.717) is 17.4 Å². The molecule has 0 bridgehead atoms. The van der Waals surface area contributed by atoms with Crippen LogP contribution in [0.1, 0.15) is 55.5 Å². The number of carboxylic acid groups (broad SMARTS) is 1. The Morgan fingerprint density at radius 2 is 1.72 bits per heavy atom. The van der Waals surface area contributed by atoms with E-state index in [9.17, 15) is 36.3 Å². The van der Waals surface area contributed by atoms with Gasteiger partial charge in [-0.05, 0) is 60.9 Å². The number of carboxylic acids is 1. The van der Waals surface area contributed by atoms with Crippen LogP contribution in [0.15, 0.2) is 68.4 Å². The Kier molecular flexibility index (Phi) is 10.3. The van der Waals surface area contributed by atoms with Crippen molar-refractivity contribution in [1.82, 2.24) is 4.57 Å². The fourth-order valence-corrected chi connectivity index (χ4v) is 5.25. The average molecular weight is 620 g/mol. The van der Waals surface area contributed by atoms with E-state index < -0.39 is 50.5 Å². The molecule has 2 aromatic carbocycles. The monoisotopic (exact) mass is 619 g/mol. The van der Waals surface area contributed by atoms with Gasteiger partial charge in [-0.3, -0.25) is 14.1 Å². The van der Waals surface area contributed by atoms with Gasteiger partial charge in [-0.15, -0.1) is 5.11 Å². The van der Waals surface area contributed by atoms with Gasteiger partial charge in [-0.1, -0.05) is 33.1 Å². The van der Waals surface area contributed by atoms with Crippen LogP contribution in [0.5, 0.6) is 5.88 Å². The highest BCUT2D eigenvalue weighted by Gasteiger charge is 2.41. The number of sulfonamides is 1. The van der Waals surface area contributed by atoms with Gasteiger partial charge in [0.15, 0.2) is 11.6 Å². The lowest BCUT2D eigenvalue weighted by Gasteiger charge is -2.20. The maximum atomic E-state index is 14.0. The number of nitrogens with one attached hydrogen (secondary N) is 1. The van der Waals surface area contributed by atoms with Gasteiger partial charge < -0.3 is 10.2 Å². The van der Waals surface area contributed by atoms with E-state index in [1.807, 2.05) is 13.8 Å². The fraction of sp³-hybridized carbons (Fsp3) is 0.321. The minimum absolute atomic E-state index is 0.0445. The number of hydrogen-bond acceptors (Lipinski definition) is 7.